The van der Waals surface area contributed by atoms with Crippen molar-refractivity contribution in [1.82, 2.24) is 9.99 Å². The largest absolute Gasteiger partial charge is 0.491 e. The van der Waals surface area contributed by atoms with Crippen LogP contribution in [0, 0.1) is 0 Å². The number of hydrogen-bond acceptors (Lipinski definition) is 4. The Morgan fingerprint density at radius 2 is 1.97 bits per heavy atom. The van der Waals surface area contributed by atoms with Gasteiger partial charge in [-0.15, -0.1) is 0 Å². The molecule has 0 aliphatic rings. The first-order chi connectivity index (χ1) is 14.1. The molecular weight excluding hydrogens is 366 g/mol. The Morgan fingerprint density at radius 1 is 1.21 bits per heavy atom. The molecule has 0 aliphatic heterocycles. The summed E-state index contributed by atoms with van der Waals surface area (Å²) in [4.78, 5) is 11.2. The zero-order valence-corrected chi connectivity index (χ0v) is 17.1. The van der Waals surface area contributed by atoms with E-state index in [0.717, 1.165) is 28.6 Å². The van der Waals surface area contributed by atoms with Crippen LogP contribution in [0.1, 0.15) is 37.3 Å². The zero-order chi connectivity index (χ0) is 20.6. The van der Waals surface area contributed by atoms with Gasteiger partial charge in [0.05, 0.1) is 19.9 Å². The van der Waals surface area contributed by atoms with Gasteiger partial charge in [0.1, 0.15) is 12.4 Å². The molecule has 6 heteroatoms. The number of benzene rings is 2. The van der Waals surface area contributed by atoms with Gasteiger partial charge in [-0.05, 0) is 30.0 Å². The predicted octanol–water partition coefficient (Wildman–Crippen LogP) is 4.92. The molecule has 1 N–H and O–H groups in total. The average molecular weight is 393 g/mol. The SMILES string of the molecule is CCC(C)c1ccccc1OCCn1cc(C=NNC(=O)OC)c2ccccc21. The van der Waals surface area contributed by atoms with E-state index in [1.165, 1.54) is 12.7 Å². The maximum Gasteiger partial charge on any atom is 0.427 e. The molecule has 29 heavy (non-hydrogen) atoms. The summed E-state index contributed by atoms with van der Waals surface area (Å²) in [5.41, 5.74) is 5.56. The van der Waals surface area contributed by atoms with Gasteiger partial charge >= 0.3 is 6.09 Å². The fraction of sp³-hybridized carbons (Fsp3) is 0.304. The number of nitrogens with zero attached hydrogens (tertiary/aromatic N) is 2. The molecule has 3 rings (SSSR count). The van der Waals surface area contributed by atoms with Crippen molar-refractivity contribution in [2.45, 2.75) is 32.7 Å². The van der Waals surface area contributed by atoms with E-state index in [4.69, 9.17) is 4.74 Å². The monoisotopic (exact) mass is 393 g/mol. The number of aromatic nitrogens is 1. The zero-order valence-electron chi connectivity index (χ0n) is 17.1. The molecule has 0 spiro atoms. The summed E-state index contributed by atoms with van der Waals surface area (Å²) in [6.45, 7) is 5.66. The van der Waals surface area contributed by atoms with Crippen molar-refractivity contribution in [2.24, 2.45) is 5.10 Å². The van der Waals surface area contributed by atoms with Gasteiger partial charge in [-0.25, -0.2) is 10.2 Å². The quantitative estimate of drug-likeness (QED) is 0.436. The predicted molar refractivity (Wildman–Crippen MR) is 116 cm³/mol. The molecule has 152 valence electrons. The van der Waals surface area contributed by atoms with E-state index < -0.39 is 6.09 Å². The highest BCUT2D eigenvalue weighted by atomic mass is 16.5. The van der Waals surface area contributed by atoms with Gasteiger partial charge in [-0.2, -0.15) is 5.10 Å². The van der Waals surface area contributed by atoms with Crippen molar-refractivity contribution < 1.29 is 14.3 Å². The summed E-state index contributed by atoms with van der Waals surface area (Å²) in [7, 11) is 1.30. The second-order valence-electron chi connectivity index (χ2n) is 6.85. The van der Waals surface area contributed by atoms with Crippen LogP contribution < -0.4 is 10.2 Å². The minimum absolute atomic E-state index is 0.462. The molecule has 1 atom stereocenters. The molecule has 0 bridgehead atoms. The number of ether oxygens (including phenoxy) is 2. The number of nitrogens with one attached hydrogen (secondary N) is 1. The summed E-state index contributed by atoms with van der Waals surface area (Å²) in [5.74, 6) is 1.41. The van der Waals surface area contributed by atoms with Crippen LogP contribution in [-0.2, 0) is 11.3 Å². The Kier molecular flexibility index (Phi) is 6.89. The highest BCUT2D eigenvalue weighted by Gasteiger charge is 2.10. The highest BCUT2D eigenvalue weighted by molar-refractivity contribution is 5.99. The summed E-state index contributed by atoms with van der Waals surface area (Å²) >= 11 is 0. The third-order valence-corrected chi connectivity index (χ3v) is 5.02. The lowest BCUT2D eigenvalue weighted by molar-refractivity contribution is 0.171. The van der Waals surface area contributed by atoms with Gasteiger partial charge in [-0.3, -0.25) is 0 Å². The molecule has 0 aliphatic carbocycles. The minimum atomic E-state index is -0.599. The van der Waals surface area contributed by atoms with E-state index in [9.17, 15) is 4.79 Å². The van der Waals surface area contributed by atoms with Crippen molar-refractivity contribution in [2.75, 3.05) is 13.7 Å². The van der Waals surface area contributed by atoms with E-state index >= 15 is 0 Å². The first-order valence-electron chi connectivity index (χ1n) is 9.80. The lowest BCUT2D eigenvalue weighted by Gasteiger charge is -2.16. The van der Waals surface area contributed by atoms with Crippen molar-refractivity contribution in [3.8, 4) is 5.75 Å². The van der Waals surface area contributed by atoms with E-state index in [2.05, 4.69) is 51.9 Å². The number of amides is 1. The van der Waals surface area contributed by atoms with Crippen LogP contribution in [0.3, 0.4) is 0 Å². The Bertz CT molecular complexity index is 994. The van der Waals surface area contributed by atoms with Crippen LogP contribution in [-0.4, -0.2) is 30.6 Å². The van der Waals surface area contributed by atoms with Gasteiger partial charge in [0, 0.05) is 22.7 Å². The Balaban J connectivity index is 1.74. The lowest BCUT2D eigenvalue weighted by atomic mass is 9.98. The second kappa shape index (κ2) is 9.78. The number of hydrazone groups is 1. The third-order valence-electron chi connectivity index (χ3n) is 5.02. The maximum absolute atomic E-state index is 11.2. The number of fused-ring (bicyclic) bond motifs is 1. The van der Waals surface area contributed by atoms with Gasteiger partial charge in [0.15, 0.2) is 0 Å². The molecule has 2 aromatic carbocycles. The van der Waals surface area contributed by atoms with Crippen molar-refractivity contribution in [3.05, 3.63) is 65.9 Å². The van der Waals surface area contributed by atoms with Crippen LogP contribution >= 0.6 is 0 Å². The van der Waals surface area contributed by atoms with Crippen molar-refractivity contribution in [1.29, 1.82) is 0 Å². The fourth-order valence-corrected chi connectivity index (χ4v) is 3.26. The molecule has 6 nitrogen and oxygen atoms in total. The average Bonchev–Trinajstić information content (AvgIpc) is 3.11. The molecule has 1 unspecified atom stereocenters. The van der Waals surface area contributed by atoms with Gasteiger partial charge in [0.25, 0.3) is 0 Å². The lowest BCUT2D eigenvalue weighted by Crippen LogP contribution is -2.16. The van der Waals surface area contributed by atoms with E-state index in [-0.39, 0.29) is 0 Å². The number of methoxy groups -OCH3 is 1. The first-order valence-corrected chi connectivity index (χ1v) is 9.80. The first kappa shape index (κ1) is 20.5. The Hall–Kier alpha value is -3.28. The fourth-order valence-electron chi connectivity index (χ4n) is 3.26. The summed E-state index contributed by atoms with van der Waals surface area (Å²) in [5, 5.41) is 5.01. The summed E-state index contributed by atoms with van der Waals surface area (Å²) in [6.07, 6.45) is 4.11. The van der Waals surface area contributed by atoms with Gasteiger partial charge in [-0.1, -0.05) is 50.2 Å². The number of carbonyl (C=O) groups excluding carboxylic acids is 1. The molecule has 0 saturated heterocycles. The Labute approximate surface area is 171 Å². The molecule has 0 radical (unpaired) electrons. The normalized spacial score (nSPS) is 12.2. The molecule has 3 aromatic rings. The van der Waals surface area contributed by atoms with Crippen LogP contribution in [0.2, 0.25) is 0 Å². The van der Waals surface area contributed by atoms with Crippen molar-refractivity contribution in [3.63, 3.8) is 0 Å². The van der Waals surface area contributed by atoms with E-state index in [1.807, 2.05) is 36.5 Å². The van der Waals surface area contributed by atoms with Crippen LogP contribution in [0.15, 0.2) is 59.8 Å². The number of carbonyl (C=O) groups is 1. The molecule has 0 fully saturated rings. The smallest absolute Gasteiger partial charge is 0.427 e. The van der Waals surface area contributed by atoms with E-state index in [0.29, 0.717) is 19.1 Å². The standard InChI is InChI=1S/C23H27N3O3/c1-4-17(2)19-9-6-8-12-22(19)29-14-13-26-16-18(15-24-25-23(27)28-3)20-10-5-7-11-21(20)26/h5-12,15-17H,4,13-14H2,1-3H3,(H,25,27). The van der Waals surface area contributed by atoms with Gasteiger partial charge in [0.2, 0.25) is 0 Å². The molecule has 1 aromatic heterocycles. The molecule has 1 amide bonds. The van der Waals surface area contributed by atoms with Crippen LogP contribution in [0.25, 0.3) is 10.9 Å². The topological polar surface area (TPSA) is 64.8 Å². The highest BCUT2D eigenvalue weighted by Crippen LogP contribution is 2.28. The molecule has 0 saturated carbocycles. The molecular formula is C23H27N3O3. The number of hydrogen-bond donors (Lipinski definition) is 1. The van der Waals surface area contributed by atoms with Crippen molar-refractivity contribution >= 4 is 23.2 Å². The Morgan fingerprint density at radius 3 is 2.76 bits per heavy atom. The van der Waals surface area contributed by atoms with Gasteiger partial charge < -0.3 is 14.0 Å². The number of rotatable bonds is 8. The van der Waals surface area contributed by atoms with Crippen LogP contribution in [0.4, 0.5) is 4.79 Å². The summed E-state index contributed by atoms with van der Waals surface area (Å²) in [6, 6.07) is 16.3. The molecule has 1 heterocycles. The summed E-state index contributed by atoms with van der Waals surface area (Å²) < 4.78 is 12.8. The number of para-hydroxylation sites is 2. The third kappa shape index (κ3) is 4.96. The van der Waals surface area contributed by atoms with Crippen LogP contribution in [0.5, 0.6) is 5.75 Å². The second-order valence-corrected chi connectivity index (χ2v) is 6.85. The maximum atomic E-state index is 11.2. The van der Waals surface area contributed by atoms with E-state index in [1.54, 1.807) is 6.21 Å². The minimum Gasteiger partial charge on any atom is -0.491 e.